The quantitative estimate of drug-likeness (QED) is 0.839. The molecule has 5 heteroatoms. The molecule has 1 aliphatic carbocycles. The van der Waals surface area contributed by atoms with Crippen LogP contribution in [0.3, 0.4) is 0 Å². The fourth-order valence-corrected chi connectivity index (χ4v) is 2.40. The topological polar surface area (TPSA) is 56.3 Å². The fraction of sp³-hybridized carbons (Fsp3) is 0.750. The maximum absolute atomic E-state index is 5.68. The van der Waals surface area contributed by atoms with Crippen molar-refractivity contribution < 1.29 is 4.74 Å². The van der Waals surface area contributed by atoms with Crippen molar-refractivity contribution in [2.75, 3.05) is 31.1 Å². The highest BCUT2D eigenvalue weighted by Gasteiger charge is 2.30. The molecule has 1 unspecified atom stereocenters. The molecular weight excluding hydrogens is 216 g/mol. The molecule has 2 N–H and O–H groups in total. The fourth-order valence-electron chi connectivity index (χ4n) is 2.40. The van der Waals surface area contributed by atoms with Gasteiger partial charge in [-0.05, 0) is 19.8 Å². The van der Waals surface area contributed by atoms with Crippen molar-refractivity contribution in [2.45, 2.75) is 31.9 Å². The standard InChI is InChI=1S/C12H20N4O/c1-9-7-16(10-2-3-10)12(14-9)15-4-5-17-11(6-13)8-15/h7,10-11H,2-6,8,13H2,1H3. The van der Waals surface area contributed by atoms with Crippen LogP contribution < -0.4 is 10.6 Å². The number of imidazole rings is 1. The maximum Gasteiger partial charge on any atom is 0.206 e. The molecular formula is C12H20N4O. The summed E-state index contributed by atoms with van der Waals surface area (Å²) in [5.74, 6) is 1.10. The van der Waals surface area contributed by atoms with Gasteiger partial charge in [-0.3, -0.25) is 0 Å². The number of nitrogens with zero attached hydrogens (tertiary/aromatic N) is 3. The lowest BCUT2D eigenvalue weighted by Crippen LogP contribution is -2.46. The predicted molar refractivity (Wildman–Crippen MR) is 66.2 cm³/mol. The zero-order chi connectivity index (χ0) is 11.8. The van der Waals surface area contributed by atoms with Crippen LogP contribution in [0.1, 0.15) is 24.6 Å². The first kappa shape index (κ1) is 11.0. The molecule has 2 aliphatic rings. The summed E-state index contributed by atoms with van der Waals surface area (Å²) in [6, 6.07) is 0.672. The molecule has 0 spiro atoms. The van der Waals surface area contributed by atoms with Crippen molar-refractivity contribution in [3.05, 3.63) is 11.9 Å². The average Bonchev–Trinajstić information content (AvgIpc) is 3.12. The molecule has 2 heterocycles. The van der Waals surface area contributed by atoms with E-state index < -0.39 is 0 Å². The first-order valence-electron chi connectivity index (χ1n) is 6.40. The van der Waals surface area contributed by atoms with Crippen LogP contribution in [-0.4, -0.2) is 41.9 Å². The molecule has 0 radical (unpaired) electrons. The van der Waals surface area contributed by atoms with Crippen LogP contribution in [0.15, 0.2) is 6.20 Å². The minimum absolute atomic E-state index is 0.147. The largest absolute Gasteiger partial charge is 0.373 e. The third-order valence-corrected chi connectivity index (χ3v) is 3.46. The van der Waals surface area contributed by atoms with E-state index in [-0.39, 0.29) is 6.10 Å². The zero-order valence-corrected chi connectivity index (χ0v) is 10.3. The van der Waals surface area contributed by atoms with Gasteiger partial charge in [-0.15, -0.1) is 0 Å². The summed E-state index contributed by atoms with van der Waals surface area (Å²) in [5, 5.41) is 0. The van der Waals surface area contributed by atoms with Crippen molar-refractivity contribution in [3.8, 4) is 0 Å². The van der Waals surface area contributed by atoms with Gasteiger partial charge in [0, 0.05) is 31.9 Å². The number of aromatic nitrogens is 2. The molecule has 3 rings (SSSR count). The summed E-state index contributed by atoms with van der Waals surface area (Å²) in [5.41, 5.74) is 6.78. The molecule has 1 aliphatic heterocycles. The molecule has 1 aromatic heterocycles. The summed E-state index contributed by atoms with van der Waals surface area (Å²) < 4.78 is 7.93. The van der Waals surface area contributed by atoms with Crippen LogP contribution in [0.25, 0.3) is 0 Å². The molecule has 1 aromatic rings. The van der Waals surface area contributed by atoms with E-state index in [9.17, 15) is 0 Å². The van der Waals surface area contributed by atoms with Gasteiger partial charge in [0.1, 0.15) is 0 Å². The number of nitrogens with two attached hydrogens (primary N) is 1. The van der Waals surface area contributed by atoms with E-state index >= 15 is 0 Å². The minimum atomic E-state index is 0.147. The molecule has 0 bridgehead atoms. The normalized spacial score (nSPS) is 25.3. The predicted octanol–water partition coefficient (Wildman–Crippen LogP) is 0.690. The van der Waals surface area contributed by atoms with Crippen molar-refractivity contribution in [1.29, 1.82) is 0 Å². The van der Waals surface area contributed by atoms with Crippen molar-refractivity contribution in [3.63, 3.8) is 0 Å². The van der Waals surface area contributed by atoms with Crippen LogP contribution in [0.2, 0.25) is 0 Å². The van der Waals surface area contributed by atoms with Gasteiger partial charge in [-0.25, -0.2) is 4.98 Å². The lowest BCUT2D eigenvalue weighted by atomic mass is 10.3. The van der Waals surface area contributed by atoms with Gasteiger partial charge in [0.15, 0.2) is 0 Å². The molecule has 0 aromatic carbocycles. The molecule has 5 nitrogen and oxygen atoms in total. The second-order valence-electron chi connectivity index (χ2n) is 5.00. The SMILES string of the molecule is Cc1cn(C2CC2)c(N2CCOC(CN)C2)n1. The summed E-state index contributed by atoms with van der Waals surface area (Å²) in [4.78, 5) is 6.97. The van der Waals surface area contributed by atoms with Gasteiger partial charge < -0.3 is 19.9 Å². The van der Waals surface area contributed by atoms with Gasteiger partial charge in [0.05, 0.1) is 18.4 Å². The Kier molecular flexibility index (Phi) is 2.80. The highest BCUT2D eigenvalue weighted by atomic mass is 16.5. The average molecular weight is 236 g/mol. The lowest BCUT2D eigenvalue weighted by Gasteiger charge is -2.33. The van der Waals surface area contributed by atoms with E-state index in [0.29, 0.717) is 12.6 Å². The van der Waals surface area contributed by atoms with Crippen LogP contribution >= 0.6 is 0 Å². The Labute approximate surface area is 102 Å². The van der Waals surface area contributed by atoms with Gasteiger partial charge in [-0.2, -0.15) is 0 Å². The van der Waals surface area contributed by atoms with Crippen molar-refractivity contribution >= 4 is 5.95 Å². The zero-order valence-electron chi connectivity index (χ0n) is 10.3. The molecule has 94 valence electrons. The maximum atomic E-state index is 5.68. The Morgan fingerprint density at radius 3 is 3.06 bits per heavy atom. The summed E-state index contributed by atoms with van der Waals surface area (Å²) >= 11 is 0. The number of morpholine rings is 1. The number of rotatable bonds is 3. The highest BCUT2D eigenvalue weighted by molar-refractivity contribution is 5.35. The Balaban J connectivity index is 1.82. The number of ether oxygens (including phenoxy) is 1. The van der Waals surface area contributed by atoms with E-state index in [1.807, 2.05) is 0 Å². The van der Waals surface area contributed by atoms with E-state index in [2.05, 4.69) is 27.6 Å². The minimum Gasteiger partial charge on any atom is -0.373 e. The van der Waals surface area contributed by atoms with Crippen LogP contribution in [0.5, 0.6) is 0 Å². The molecule has 2 fully saturated rings. The number of hydrogen-bond donors (Lipinski definition) is 1. The first-order valence-corrected chi connectivity index (χ1v) is 6.40. The van der Waals surface area contributed by atoms with E-state index in [4.69, 9.17) is 10.5 Å². The third kappa shape index (κ3) is 2.17. The smallest absolute Gasteiger partial charge is 0.206 e. The van der Waals surface area contributed by atoms with Crippen molar-refractivity contribution in [2.24, 2.45) is 5.73 Å². The van der Waals surface area contributed by atoms with E-state index in [1.165, 1.54) is 12.8 Å². The Morgan fingerprint density at radius 2 is 2.35 bits per heavy atom. The van der Waals surface area contributed by atoms with E-state index in [0.717, 1.165) is 31.3 Å². The molecule has 1 saturated carbocycles. The second-order valence-corrected chi connectivity index (χ2v) is 5.00. The Morgan fingerprint density at radius 1 is 1.53 bits per heavy atom. The number of hydrogen-bond acceptors (Lipinski definition) is 4. The van der Waals surface area contributed by atoms with Crippen molar-refractivity contribution in [1.82, 2.24) is 9.55 Å². The lowest BCUT2D eigenvalue weighted by molar-refractivity contribution is 0.0457. The number of anilines is 1. The Hall–Kier alpha value is -1.07. The summed E-state index contributed by atoms with van der Waals surface area (Å²) in [6.07, 6.45) is 4.88. The van der Waals surface area contributed by atoms with Crippen LogP contribution in [0.4, 0.5) is 5.95 Å². The van der Waals surface area contributed by atoms with Crippen LogP contribution in [-0.2, 0) is 4.74 Å². The Bertz CT molecular complexity index is 399. The van der Waals surface area contributed by atoms with Crippen LogP contribution in [0, 0.1) is 6.92 Å². The molecule has 0 amide bonds. The van der Waals surface area contributed by atoms with E-state index in [1.54, 1.807) is 0 Å². The monoisotopic (exact) mass is 236 g/mol. The summed E-state index contributed by atoms with van der Waals surface area (Å²) in [7, 11) is 0. The molecule has 17 heavy (non-hydrogen) atoms. The number of aryl methyl sites for hydroxylation is 1. The first-order chi connectivity index (χ1) is 8.28. The van der Waals surface area contributed by atoms with Gasteiger partial charge in [-0.1, -0.05) is 0 Å². The third-order valence-electron chi connectivity index (χ3n) is 3.46. The molecule has 1 saturated heterocycles. The van der Waals surface area contributed by atoms with Gasteiger partial charge in [0.2, 0.25) is 5.95 Å². The van der Waals surface area contributed by atoms with Gasteiger partial charge >= 0.3 is 0 Å². The molecule has 1 atom stereocenters. The summed E-state index contributed by atoms with van der Waals surface area (Å²) in [6.45, 7) is 5.17. The highest BCUT2D eigenvalue weighted by Crippen LogP contribution is 2.38. The van der Waals surface area contributed by atoms with Gasteiger partial charge in [0.25, 0.3) is 0 Å². The second kappa shape index (κ2) is 4.31.